The number of nitrogens with zero attached hydrogens (tertiary/aromatic N) is 2. The monoisotopic (exact) mass is 291 g/mol. The van der Waals surface area contributed by atoms with Gasteiger partial charge in [-0.3, -0.25) is 9.48 Å². The van der Waals surface area contributed by atoms with E-state index in [0.717, 1.165) is 35.7 Å². The van der Waals surface area contributed by atoms with Gasteiger partial charge in [-0.25, -0.2) is 0 Å². The van der Waals surface area contributed by atoms with Crippen LogP contribution in [0.1, 0.15) is 69.3 Å². The van der Waals surface area contributed by atoms with E-state index in [2.05, 4.69) is 24.3 Å². The van der Waals surface area contributed by atoms with Crippen LogP contribution >= 0.6 is 0 Å². The van der Waals surface area contributed by atoms with Crippen LogP contribution in [0, 0.1) is 19.8 Å². The largest absolute Gasteiger partial charge is 0.350 e. The summed E-state index contributed by atoms with van der Waals surface area (Å²) < 4.78 is 1.86. The molecule has 0 aliphatic heterocycles. The van der Waals surface area contributed by atoms with Crippen molar-refractivity contribution in [2.45, 2.75) is 71.8 Å². The summed E-state index contributed by atoms with van der Waals surface area (Å²) in [5.74, 6) is 0.774. The fourth-order valence-corrected chi connectivity index (χ4v) is 3.48. The highest BCUT2D eigenvalue weighted by Gasteiger charge is 2.33. The van der Waals surface area contributed by atoms with E-state index < -0.39 is 0 Å². The molecule has 0 radical (unpaired) electrons. The van der Waals surface area contributed by atoms with Crippen LogP contribution in [0.25, 0.3) is 0 Å². The third-order valence-electron chi connectivity index (χ3n) is 5.19. The van der Waals surface area contributed by atoms with Crippen molar-refractivity contribution in [3.05, 3.63) is 17.0 Å². The van der Waals surface area contributed by atoms with E-state index >= 15 is 0 Å². The van der Waals surface area contributed by atoms with Gasteiger partial charge in [-0.05, 0) is 59.3 Å². The summed E-state index contributed by atoms with van der Waals surface area (Å²) in [5, 5.41) is 7.73. The van der Waals surface area contributed by atoms with Gasteiger partial charge < -0.3 is 5.32 Å². The second kappa shape index (κ2) is 5.82. The van der Waals surface area contributed by atoms with Gasteiger partial charge in [0.25, 0.3) is 0 Å². The topological polar surface area (TPSA) is 46.9 Å². The molecule has 1 unspecified atom stereocenters. The minimum Gasteiger partial charge on any atom is -0.350 e. The number of carbonyl (C=O) groups is 1. The zero-order valence-electron chi connectivity index (χ0n) is 14.3. The fourth-order valence-electron chi connectivity index (χ4n) is 3.48. The quantitative estimate of drug-likeness (QED) is 0.929. The third-order valence-corrected chi connectivity index (χ3v) is 5.19. The van der Waals surface area contributed by atoms with Crippen molar-refractivity contribution in [2.24, 2.45) is 13.0 Å². The highest BCUT2D eigenvalue weighted by atomic mass is 16.2. The molecule has 1 amide bonds. The molecule has 4 heteroatoms. The van der Waals surface area contributed by atoms with E-state index in [4.69, 9.17) is 0 Å². The van der Waals surface area contributed by atoms with Crippen molar-refractivity contribution >= 4 is 5.91 Å². The number of hydrogen-bond acceptors (Lipinski definition) is 2. The number of carbonyl (C=O) groups excluding carboxylic acids is 1. The first-order valence-electron chi connectivity index (χ1n) is 8.05. The molecule has 1 N–H and O–H groups in total. The van der Waals surface area contributed by atoms with Gasteiger partial charge in [-0.15, -0.1) is 0 Å². The molecular weight excluding hydrogens is 262 g/mol. The summed E-state index contributed by atoms with van der Waals surface area (Å²) >= 11 is 0. The molecule has 1 saturated carbocycles. The standard InChI is InChI=1S/C17H29N3O/c1-11-7-9-17(5,10-8-11)18-16(21)12(2)15-13(3)19-20(6)14(15)4/h11-12H,7-10H2,1-6H3,(H,18,21). The van der Waals surface area contributed by atoms with Crippen LogP contribution in [0.2, 0.25) is 0 Å². The molecule has 1 aromatic heterocycles. The number of aryl methyl sites for hydroxylation is 2. The molecule has 1 fully saturated rings. The molecule has 1 aromatic rings. The molecule has 1 aliphatic rings. The minimum absolute atomic E-state index is 0.0398. The minimum atomic E-state index is -0.144. The lowest BCUT2D eigenvalue weighted by molar-refractivity contribution is -0.124. The summed E-state index contributed by atoms with van der Waals surface area (Å²) in [4.78, 5) is 12.7. The first kappa shape index (κ1) is 16.1. The van der Waals surface area contributed by atoms with E-state index in [1.165, 1.54) is 12.8 Å². The highest BCUT2D eigenvalue weighted by molar-refractivity contribution is 5.84. The number of rotatable bonds is 3. The van der Waals surface area contributed by atoms with Gasteiger partial charge in [0.05, 0.1) is 11.6 Å². The fraction of sp³-hybridized carbons (Fsp3) is 0.765. The molecule has 0 spiro atoms. The molecule has 1 atom stereocenters. The Labute approximate surface area is 128 Å². The predicted octanol–water partition coefficient (Wildman–Crippen LogP) is 3.23. The summed E-state index contributed by atoms with van der Waals surface area (Å²) in [6.45, 7) is 10.5. The number of aromatic nitrogens is 2. The SMILES string of the molecule is Cc1nn(C)c(C)c1C(C)C(=O)NC1(C)CCC(C)CC1. The molecule has 1 heterocycles. The Morgan fingerprint density at radius 1 is 1.38 bits per heavy atom. The maximum absolute atomic E-state index is 12.7. The van der Waals surface area contributed by atoms with Gasteiger partial charge in [0.1, 0.15) is 0 Å². The maximum atomic E-state index is 12.7. The van der Waals surface area contributed by atoms with Crippen LogP contribution in [-0.2, 0) is 11.8 Å². The summed E-state index contributed by atoms with van der Waals surface area (Å²) in [6.07, 6.45) is 4.57. The number of amides is 1. The summed E-state index contributed by atoms with van der Waals surface area (Å²) in [5.41, 5.74) is 3.07. The number of hydrogen-bond donors (Lipinski definition) is 1. The van der Waals surface area contributed by atoms with E-state index in [9.17, 15) is 4.79 Å². The van der Waals surface area contributed by atoms with Gasteiger partial charge in [-0.1, -0.05) is 6.92 Å². The van der Waals surface area contributed by atoms with Crippen LogP contribution in [0.5, 0.6) is 0 Å². The van der Waals surface area contributed by atoms with Crippen LogP contribution in [0.3, 0.4) is 0 Å². The van der Waals surface area contributed by atoms with Crippen molar-refractivity contribution in [3.63, 3.8) is 0 Å². The Morgan fingerprint density at radius 2 is 1.95 bits per heavy atom. The second-order valence-corrected chi connectivity index (χ2v) is 7.16. The zero-order valence-corrected chi connectivity index (χ0v) is 14.3. The smallest absolute Gasteiger partial charge is 0.227 e. The zero-order chi connectivity index (χ0) is 15.8. The molecule has 2 rings (SSSR count). The molecule has 118 valence electrons. The Morgan fingerprint density at radius 3 is 2.43 bits per heavy atom. The average molecular weight is 291 g/mol. The lowest BCUT2D eigenvalue weighted by atomic mass is 9.78. The molecule has 0 aromatic carbocycles. The Bertz CT molecular complexity index is 524. The van der Waals surface area contributed by atoms with E-state index in [-0.39, 0.29) is 17.4 Å². The van der Waals surface area contributed by atoms with Crippen LogP contribution < -0.4 is 5.32 Å². The lowest BCUT2D eigenvalue weighted by Gasteiger charge is -2.37. The molecule has 0 bridgehead atoms. The van der Waals surface area contributed by atoms with Crippen molar-refractivity contribution in [3.8, 4) is 0 Å². The first-order chi connectivity index (χ1) is 9.73. The highest BCUT2D eigenvalue weighted by Crippen LogP contribution is 2.32. The molecule has 1 aliphatic carbocycles. The summed E-state index contributed by atoms with van der Waals surface area (Å²) in [7, 11) is 1.93. The number of nitrogens with one attached hydrogen (secondary N) is 1. The van der Waals surface area contributed by atoms with Crippen molar-refractivity contribution in [2.75, 3.05) is 0 Å². The first-order valence-corrected chi connectivity index (χ1v) is 8.05. The van der Waals surface area contributed by atoms with Crippen molar-refractivity contribution in [1.29, 1.82) is 0 Å². The van der Waals surface area contributed by atoms with Crippen molar-refractivity contribution in [1.82, 2.24) is 15.1 Å². The molecule has 21 heavy (non-hydrogen) atoms. The average Bonchev–Trinajstić information content (AvgIpc) is 2.66. The maximum Gasteiger partial charge on any atom is 0.227 e. The van der Waals surface area contributed by atoms with Gasteiger partial charge in [0.15, 0.2) is 0 Å². The third kappa shape index (κ3) is 3.30. The van der Waals surface area contributed by atoms with Gasteiger partial charge in [0, 0.05) is 23.8 Å². The van der Waals surface area contributed by atoms with Gasteiger partial charge >= 0.3 is 0 Å². The van der Waals surface area contributed by atoms with Crippen LogP contribution in [0.4, 0.5) is 0 Å². The van der Waals surface area contributed by atoms with E-state index in [0.29, 0.717) is 0 Å². The van der Waals surface area contributed by atoms with Crippen molar-refractivity contribution < 1.29 is 4.79 Å². The molecular formula is C17H29N3O. The van der Waals surface area contributed by atoms with E-state index in [1.807, 2.05) is 32.5 Å². The van der Waals surface area contributed by atoms with Gasteiger partial charge in [-0.2, -0.15) is 5.10 Å². The van der Waals surface area contributed by atoms with Crippen LogP contribution in [0.15, 0.2) is 0 Å². The molecule has 0 saturated heterocycles. The Balaban J connectivity index is 2.09. The molecule has 4 nitrogen and oxygen atoms in total. The van der Waals surface area contributed by atoms with Crippen LogP contribution in [-0.4, -0.2) is 21.2 Å². The summed E-state index contributed by atoms with van der Waals surface area (Å²) in [6, 6.07) is 0. The predicted molar refractivity (Wildman–Crippen MR) is 85.3 cm³/mol. The van der Waals surface area contributed by atoms with Gasteiger partial charge in [0.2, 0.25) is 5.91 Å². The normalized spacial score (nSPS) is 27.4. The Hall–Kier alpha value is -1.32. The second-order valence-electron chi connectivity index (χ2n) is 7.16. The van der Waals surface area contributed by atoms with E-state index in [1.54, 1.807) is 0 Å². The Kier molecular flexibility index (Phi) is 4.45. The lowest BCUT2D eigenvalue weighted by Crippen LogP contribution is -2.49.